The second-order valence-corrected chi connectivity index (χ2v) is 5.71. The Labute approximate surface area is 152 Å². The molecule has 3 rings (SSSR count). The number of nitrogens with zero attached hydrogens (tertiary/aromatic N) is 2. The second kappa shape index (κ2) is 8.09. The van der Waals surface area contributed by atoms with Crippen LogP contribution in [0, 0.1) is 0 Å². The van der Waals surface area contributed by atoms with Crippen molar-refractivity contribution in [3.05, 3.63) is 47.8 Å². The summed E-state index contributed by atoms with van der Waals surface area (Å²) in [4.78, 5) is 15.7. The first-order valence-corrected chi connectivity index (χ1v) is 7.78. The van der Waals surface area contributed by atoms with Crippen molar-refractivity contribution in [1.29, 1.82) is 0 Å². The standard InChI is InChI=1S/C18H19N3O3.ClH/c1-11(19-3)10-17-20-18(24-21-17)16-9-8-15(23-16)14-6-4-13(5-7-14)12(2)22;/h4-9,11,19H,10H2,1-3H3;1H. The molecule has 0 fully saturated rings. The van der Waals surface area contributed by atoms with Gasteiger partial charge < -0.3 is 14.3 Å². The molecule has 1 aromatic carbocycles. The summed E-state index contributed by atoms with van der Waals surface area (Å²) in [7, 11) is 1.89. The van der Waals surface area contributed by atoms with Gasteiger partial charge in [0.2, 0.25) is 0 Å². The average molecular weight is 362 g/mol. The Bertz CT molecular complexity index is 839. The third-order valence-electron chi connectivity index (χ3n) is 3.84. The fourth-order valence-electron chi connectivity index (χ4n) is 2.29. The van der Waals surface area contributed by atoms with E-state index in [9.17, 15) is 4.79 Å². The summed E-state index contributed by atoms with van der Waals surface area (Å²) >= 11 is 0. The van der Waals surface area contributed by atoms with E-state index in [2.05, 4.69) is 15.5 Å². The first kappa shape index (κ1) is 18.9. The van der Waals surface area contributed by atoms with E-state index in [1.54, 1.807) is 25.1 Å². The van der Waals surface area contributed by atoms with Gasteiger partial charge in [-0.2, -0.15) is 4.98 Å². The van der Waals surface area contributed by atoms with Crippen LogP contribution in [0.25, 0.3) is 23.0 Å². The number of likely N-dealkylation sites (N-methyl/N-ethyl adjacent to an activating group) is 1. The third kappa shape index (κ3) is 4.35. The molecule has 0 aliphatic carbocycles. The molecular weight excluding hydrogens is 342 g/mol. The number of hydrogen-bond acceptors (Lipinski definition) is 6. The molecule has 25 heavy (non-hydrogen) atoms. The van der Waals surface area contributed by atoms with Crippen molar-refractivity contribution in [3.8, 4) is 23.0 Å². The molecule has 0 aliphatic rings. The zero-order valence-corrected chi connectivity index (χ0v) is 15.1. The van der Waals surface area contributed by atoms with Gasteiger partial charge in [-0.3, -0.25) is 4.79 Å². The molecule has 1 atom stereocenters. The van der Waals surface area contributed by atoms with Gasteiger partial charge >= 0.3 is 0 Å². The Morgan fingerprint density at radius 3 is 2.48 bits per heavy atom. The Hall–Kier alpha value is -2.44. The van der Waals surface area contributed by atoms with Crippen molar-refractivity contribution >= 4 is 18.2 Å². The Balaban J connectivity index is 0.00000225. The lowest BCUT2D eigenvalue weighted by molar-refractivity contribution is 0.101. The van der Waals surface area contributed by atoms with E-state index in [4.69, 9.17) is 8.94 Å². The van der Waals surface area contributed by atoms with E-state index < -0.39 is 0 Å². The van der Waals surface area contributed by atoms with Crippen molar-refractivity contribution in [3.63, 3.8) is 0 Å². The minimum Gasteiger partial charge on any atom is -0.451 e. The van der Waals surface area contributed by atoms with Crippen LogP contribution in [-0.2, 0) is 6.42 Å². The van der Waals surface area contributed by atoms with Crippen molar-refractivity contribution < 1.29 is 13.7 Å². The fraction of sp³-hybridized carbons (Fsp3) is 0.278. The molecular formula is C18H20ClN3O3. The Morgan fingerprint density at radius 1 is 1.16 bits per heavy atom. The summed E-state index contributed by atoms with van der Waals surface area (Å²) in [6.45, 7) is 3.59. The number of hydrogen-bond donors (Lipinski definition) is 1. The summed E-state index contributed by atoms with van der Waals surface area (Å²) in [5.74, 6) is 2.24. The van der Waals surface area contributed by atoms with Gasteiger partial charge in [-0.1, -0.05) is 29.4 Å². The number of carbonyl (C=O) groups excluding carboxylic acids is 1. The van der Waals surface area contributed by atoms with Gasteiger partial charge in [-0.05, 0) is 33.0 Å². The number of Topliss-reactive ketones (excluding diaryl/α,β-unsaturated/α-hetero) is 1. The minimum absolute atomic E-state index is 0. The minimum atomic E-state index is 0. The lowest BCUT2D eigenvalue weighted by Gasteiger charge is -2.04. The highest BCUT2D eigenvalue weighted by molar-refractivity contribution is 5.94. The highest BCUT2D eigenvalue weighted by Gasteiger charge is 2.15. The molecule has 0 amide bonds. The number of rotatable bonds is 6. The van der Waals surface area contributed by atoms with Crippen molar-refractivity contribution in [2.45, 2.75) is 26.3 Å². The molecule has 0 saturated heterocycles. The van der Waals surface area contributed by atoms with Gasteiger partial charge in [-0.25, -0.2) is 0 Å². The van der Waals surface area contributed by atoms with Crippen LogP contribution in [0.2, 0.25) is 0 Å². The lowest BCUT2D eigenvalue weighted by atomic mass is 10.1. The van der Waals surface area contributed by atoms with Gasteiger partial charge in [0.05, 0.1) is 0 Å². The molecule has 0 aliphatic heterocycles. The molecule has 0 bridgehead atoms. The summed E-state index contributed by atoms with van der Waals surface area (Å²) in [6, 6.07) is 11.2. The predicted molar refractivity (Wildman–Crippen MR) is 96.9 cm³/mol. The zero-order chi connectivity index (χ0) is 17.1. The third-order valence-corrected chi connectivity index (χ3v) is 3.84. The van der Waals surface area contributed by atoms with E-state index in [-0.39, 0.29) is 24.2 Å². The van der Waals surface area contributed by atoms with E-state index >= 15 is 0 Å². The molecule has 132 valence electrons. The number of carbonyl (C=O) groups is 1. The zero-order valence-electron chi connectivity index (χ0n) is 14.3. The smallest absolute Gasteiger partial charge is 0.293 e. The van der Waals surface area contributed by atoms with Gasteiger partial charge in [0.1, 0.15) is 5.76 Å². The Kier molecular flexibility index (Phi) is 6.12. The molecule has 0 spiro atoms. The van der Waals surface area contributed by atoms with Gasteiger partial charge in [0, 0.05) is 23.6 Å². The molecule has 3 aromatic rings. The number of ketones is 1. The molecule has 7 heteroatoms. The van der Waals surface area contributed by atoms with Crippen LogP contribution in [0.5, 0.6) is 0 Å². The first-order chi connectivity index (χ1) is 11.6. The van der Waals surface area contributed by atoms with Crippen molar-refractivity contribution in [2.24, 2.45) is 0 Å². The monoisotopic (exact) mass is 361 g/mol. The van der Waals surface area contributed by atoms with Gasteiger partial charge in [-0.15, -0.1) is 12.4 Å². The van der Waals surface area contributed by atoms with Crippen LogP contribution in [0.1, 0.15) is 30.0 Å². The topological polar surface area (TPSA) is 81.2 Å². The quantitative estimate of drug-likeness (QED) is 0.673. The average Bonchev–Trinajstić information content (AvgIpc) is 3.24. The first-order valence-electron chi connectivity index (χ1n) is 7.78. The fourth-order valence-corrected chi connectivity index (χ4v) is 2.29. The molecule has 2 heterocycles. The number of aromatic nitrogens is 2. The normalized spacial score (nSPS) is 11.8. The maximum absolute atomic E-state index is 11.3. The highest BCUT2D eigenvalue weighted by Crippen LogP contribution is 2.28. The lowest BCUT2D eigenvalue weighted by Crippen LogP contribution is -2.24. The maximum atomic E-state index is 11.3. The van der Waals surface area contributed by atoms with E-state index in [0.29, 0.717) is 35.2 Å². The van der Waals surface area contributed by atoms with Gasteiger partial charge in [0.15, 0.2) is 17.4 Å². The summed E-state index contributed by atoms with van der Waals surface area (Å²) in [6.07, 6.45) is 0.681. The van der Waals surface area contributed by atoms with Gasteiger partial charge in [0.25, 0.3) is 5.89 Å². The molecule has 6 nitrogen and oxygen atoms in total. The van der Waals surface area contributed by atoms with Crippen molar-refractivity contribution in [2.75, 3.05) is 7.05 Å². The van der Waals surface area contributed by atoms with Crippen molar-refractivity contribution in [1.82, 2.24) is 15.5 Å². The van der Waals surface area contributed by atoms with Crippen LogP contribution < -0.4 is 5.32 Å². The summed E-state index contributed by atoms with van der Waals surface area (Å²) in [5, 5.41) is 7.10. The molecule has 0 radical (unpaired) electrons. The largest absolute Gasteiger partial charge is 0.451 e. The summed E-state index contributed by atoms with van der Waals surface area (Å²) in [5.41, 5.74) is 1.56. The highest BCUT2D eigenvalue weighted by atomic mass is 35.5. The SMILES string of the molecule is CNC(C)Cc1noc(-c2ccc(-c3ccc(C(C)=O)cc3)o2)n1.Cl. The molecule has 2 aromatic heterocycles. The maximum Gasteiger partial charge on any atom is 0.293 e. The van der Waals surface area contributed by atoms with E-state index in [1.807, 2.05) is 32.2 Å². The Morgan fingerprint density at radius 2 is 1.84 bits per heavy atom. The molecule has 1 N–H and O–H groups in total. The number of halogens is 1. The predicted octanol–water partition coefficient (Wildman–Crippen LogP) is 3.77. The van der Waals surface area contributed by atoms with Crippen LogP contribution in [-0.4, -0.2) is 29.0 Å². The van der Waals surface area contributed by atoms with Crippen LogP contribution in [0.4, 0.5) is 0 Å². The number of nitrogens with one attached hydrogen (secondary N) is 1. The van der Waals surface area contributed by atoms with E-state index in [1.165, 1.54) is 0 Å². The number of benzene rings is 1. The number of furan rings is 1. The van der Waals surface area contributed by atoms with Crippen LogP contribution >= 0.6 is 12.4 Å². The molecule has 0 saturated carbocycles. The summed E-state index contributed by atoms with van der Waals surface area (Å²) < 4.78 is 11.1. The molecule has 1 unspecified atom stereocenters. The van der Waals surface area contributed by atoms with Crippen LogP contribution in [0.3, 0.4) is 0 Å². The van der Waals surface area contributed by atoms with Crippen LogP contribution in [0.15, 0.2) is 45.3 Å². The van der Waals surface area contributed by atoms with E-state index in [0.717, 1.165) is 5.56 Å². The second-order valence-electron chi connectivity index (χ2n) is 5.71.